The Balaban J connectivity index is 1.50. The van der Waals surface area contributed by atoms with Crippen LogP contribution in [0, 0.1) is 5.21 Å². The van der Waals surface area contributed by atoms with Crippen LogP contribution in [0.25, 0.3) is 44.6 Å². The number of nitrogens with zero attached hydrogens (tertiary/aromatic N) is 4. The fourth-order valence-corrected chi connectivity index (χ4v) is 5.34. The minimum Gasteiger partial charge on any atom is -0.755 e. The molecular formula is C34H26N7O9-. The molecule has 6 rings (SSSR count). The van der Waals surface area contributed by atoms with Gasteiger partial charge in [0.2, 0.25) is 17.3 Å². The van der Waals surface area contributed by atoms with E-state index in [-0.39, 0.29) is 62.1 Å². The second-order valence-corrected chi connectivity index (χ2v) is 11.0. The van der Waals surface area contributed by atoms with Crippen LogP contribution >= 0.6 is 0 Å². The Labute approximate surface area is 280 Å². The van der Waals surface area contributed by atoms with E-state index in [2.05, 4.69) is 25.3 Å². The zero-order valence-corrected chi connectivity index (χ0v) is 25.8. The average molecular weight is 677 g/mol. The van der Waals surface area contributed by atoms with Crippen molar-refractivity contribution in [2.45, 2.75) is 25.4 Å². The minimum absolute atomic E-state index is 0.00131. The monoisotopic (exact) mass is 676 g/mol. The first-order valence-corrected chi connectivity index (χ1v) is 15.0. The van der Waals surface area contributed by atoms with Gasteiger partial charge in [-0.05, 0) is 36.8 Å². The Morgan fingerprint density at radius 1 is 1.00 bits per heavy atom. The van der Waals surface area contributed by atoms with Crippen molar-refractivity contribution in [3.63, 3.8) is 0 Å². The van der Waals surface area contributed by atoms with E-state index in [0.29, 0.717) is 16.9 Å². The predicted molar refractivity (Wildman–Crippen MR) is 181 cm³/mol. The number of aromatic amines is 1. The number of aromatic nitrogens is 4. The van der Waals surface area contributed by atoms with Crippen LogP contribution in [0.4, 0.5) is 11.6 Å². The van der Waals surface area contributed by atoms with Gasteiger partial charge >= 0.3 is 11.9 Å². The maximum Gasteiger partial charge on any atom is 0.325 e. The summed E-state index contributed by atoms with van der Waals surface area (Å²) in [6.07, 6.45) is 0.0437. The van der Waals surface area contributed by atoms with Crippen molar-refractivity contribution in [1.82, 2.24) is 25.0 Å². The van der Waals surface area contributed by atoms with Crippen molar-refractivity contribution in [3.05, 3.63) is 116 Å². The number of anilines is 2. The number of aliphatic carboxylic acids is 2. The number of carbonyl (C=O) groups is 3. The summed E-state index contributed by atoms with van der Waals surface area (Å²) in [5, 5.41) is 35.1. The van der Waals surface area contributed by atoms with Gasteiger partial charge in [-0.15, -0.1) is 0 Å². The molecule has 0 saturated heterocycles. The fraction of sp³-hybridized carbons (Fsp3) is 0.118. The van der Waals surface area contributed by atoms with Gasteiger partial charge in [0, 0.05) is 28.8 Å². The number of hydrogen-bond donors (Lipinski definition) is 5. The highest BCUT2D eigenvalue weighted by Gasteiger charge is 2.29. The number of amides is 1. The van der Waals surface area contributed by atoms with E-state index in [1.807, 2.05) is 0 Å². The van der Waals surface area contributed by atoms with Crippen LogP contribution in [0.1, 0.15) is 28.9 Å². The molecule has 0 fully saturated rings. The van der Waals surface area contributed by atoms with Crippen molar-refractivity contribution in [1.29, 1.82) is 0 Å². The van der Waals surface area contributed by atoms with Crippen molar-refractivity contribution in [2.75, 3.05) is 11.1 Å². The summed E-state index contributed by atoms with van der Waals surface area (Å²) < 4.78 is 6.24. The van der Waals surface area contributed by atoms with E-state index in [1.54, 1.807) is 48.5 Å². The van der Waals surface area contributed by atoms with Gasteiger partial charge in [-0.25, -0.2) is 9.97 Å². The number of nitrogens with one attached hydrogen (secondary N) is 2. The number of carboxylic acid groups (broad SMARTS) is 2. The Morgan fingerprint density at radius 2 is 1.74 bits per heavy atom. The third-order valence-corrected chi connectivity index (χ3v) is 7.71. The molecule has 0 bridgehead atoms. The van der Waals surface area contributed by atoms with Gasteiger partial charge in [0.25, 0.3) is 5.56 Å². The summed E-state index contributed by atoms with van der Waals surface area (Å²) >= 11 is 0. The molecule has 1 amide bonds. The van der Waals surface area contributed by atoms with Crippen LogP contribution in [0.15, 0.2) is 93.0 Å². The molecule has 3 aromatic heterocycles. The normalized spacial score (nSPS) is 11.7. The third-order valence-electron chi connectivity index (χ3n) is 7.71. The highest BCUT2D eigenvalue weighted by molar-refractivity contribution is 6.05. The Morgan fingerprint density at radius 3 is 2.48 bits per heavy atom. The first-order valence-electron chi connectivity index (χ1n) is 15.0. The quantitative estimate of drug-likeness (QED) is 0.123. The van der Waals surface area contributed by atoms with Gasteiger partial charge in [-0.2, -0.15) is 4.98 Å². The molecular weight excluding hydrogens is 650 g/mol. The highest BCUT2D eigenvalue weighted by atomic mass is 16.5. The number of nitrogen functional groups attached to an aromatic ring is 1. The van der Waals surface area contributed by atoms with Crippen molar-refractivity contribution < 1.29 is 29.0 Å². The van der Waals surface area contributed by atoms with Crippen LogP contribution in [-0.4, -0.2) is 59.1 Å². The molecule has 0 aliphatic rings. The maximum absolute atomic E-state index is 14.2. The SMILES string of the molecule is Nc1nc2ncc(CNc3ccc(C(=O)N([O-])[C@@H](CCC(=O)O)C(=O)O)c(-c4c(-c5ccccc5)oc5ccccc5c4=O)c3)nc2c(=O)[nH]1. The lowest BCUT2D eigenvalue weighted by Crippen LogP contribution is -2.41. The molecule has 1 atom stereocenters. The minimum atomic E-state index is -2.02. The molecule has 0 unspecified atom stereocenters. The van der Waals surface area contributed by atoms with E-state index in [0.717, 1.165) is 0 Å². The summed E-state index contributed by atoms with van der Waals surface area (Å²) in [4.78, 5) is 78.3. The van der Waals surface area contributed by atoms with Crippen molar-refractivity contribution in [2.24, 2.45) is 0 Å². The Bertz CT molecular complexity index is 2410. The van der Waals surface area contributed by atoms with Gasteiger partial charge in [0.1, 0.15) is 17.4 Å². The summed E-state index contributed by atoms with van der Waals surface area (Å²) in [7, 11) is 0. The van der Waals surface area contributed by atoms with Gasteiger partial charge in [0.15, 0.2) is 11.2 Å². The maximum atomic E-state index is 14.2. The van der Waals surface area contributed by atoms with Gasteiger partial charge in [0.05, 0.1) is 29.4 Å². The standard InChI is InChI=1S/C34H26N7O9/c35-34-39-30-27(31(45)40-34)38-19(16-37-30)15-36-18-10-11-20(32(46)41(49)23(33(47)48)12-13-25(42)43)22(14-18)26-28(44)21-8-4-5-9-24(21)50-29(26)17-6-2-1-3-7-17/h1-11,14,16,23,36H,12-13,15H2,(H,42,43)(H,47,48)(H3,35,37,39,40,45)/q-1/t23-/m0/s1. The Kier molecular flexibility index (Phi) is 9.01. The molecule has 3 heterocycles. The molecule has 6 aromatic rings. The number of H-pyrrole nitrogens is 1. The molecule has 0 aliphatic carbocycles. The number of nitrogens with two attached hydrogens (primary N) is 1. The summed E-state index contributed by atoms with van der Waals surface area (Å²) in [6.45, 7) is 0.00131. The first kappa shape index (κ1) is 33.0. The largest absolute Gasteiger partial charge is 0.755 e. The second-order valence-electron chi connectivity index (χ2n) is 11.0. The second kappa shape index (κ2) is 13.7. The molecule has 0 saturated carbocycles. The number of carbonyl (C=O) groups excluding carboxylic acids is 1. The smallest absolute Gasteiger partial charge is 0.325 e. The molecule has 0 radical (unpaired) electrons. The zero-order valence-electron chi connectivity index (χ0n) is 25.8. The van der Waals surface area contributed by atoms with E-state index < -0.39 is 47.7 Å². The fourth-order valence-electron chi connectivity index (χ4n) is 5.34. The topological polar surface area (TPSA) is 258 Å². The molecule has 50 heavy (non-hydrogen) atoms. The lowest BCUT2D eigenvalue weighted by atomic mass is 9.93. The lowest BCUT2D eigenvalue weighted by molar-refractivity contribution is -0.142. The molecule has 3 aromatic carbocycles. The molecule has 6 N–H and O–H groups in total. The first-order chi connectivity index (χ1) is 24.0. The third kappa shape index (κ3) is 6.58. The lowest BCUT2D eigenvalue weighted by Gasteiger charge is -2.34. The number of para-hydroxylation sites is 1. The van der Waals surface area contributed by atoms with Gasteiger partial charge < -0.3 is 36.0 Å². The van der Waals surface area contributed by atoms with E-state index >= 15 is 0 Å². The Hall–Kier alpha value is -6.94. The number of fused-ring (bicyclic) bond motifs is 2. The van der Waals surface area contributed by atoms with Crippen LogP contribution in [-0.2, 0) is 16.1 Å². The number of benzene rings is 3. The van der Waals surface area contributed by atoms with E-state index in [4.69, 9.17) is 15.3 Å². The number of carboxylic acids is 2. The van der Waals surface area contributed by atoms with Gasteiger partial charge in [-0.3, -0.25) is 29.0 Å². The van der Waals surface area contributed by atoms with E-state index in [9.17, 15) is 34.3 Å². The van der Waals surface area contributed by atoms with Crippen molar-refractivity contribution in [3.8, 4) is 22.5 Å². The molecule has 0 spiro atoms. The van der Waals surface area contributed by atoms with E-state index in [1.165, 1.54) is 30.5 Å². The number of hydrogen-bond acceptors (Lipinski definition) is 12. The predicted octanol–water partition coefficient (Wildman–Crippen LogP) is 3.61. The summed E-state index contributed by atoms with van der Waals surface area (Å²) in [5.74, 6) is -4.41. The molecule has 0 aliphatic heterocycles. The molecule has 252 valence electrons. The van der Waals surface area contributed by atoms with Gasteiger partial charge in [-0.1, -0.05) is 42.5 Å². The molecule has 16 heteroatoms. The number of rotatable bonds is 11. The van der Waals surface area contributed by atoms with Crippen molar-refractivity contribution >= 4 is 51.6 Å². The summed E-state index contributed by atoms with van der Waals surface area (Å²) in [5.41, 5.74) is 5.33. The highest BCUT2D eigenvalue weighted by Crippen LogP contribution is 2.36. The average Bonchev–Trinajstić information content (AvgIpc) is 3.10. The zero-order chi connectivity index (χ0) is 35.5. The number of hydroxylamine groups is 2. The van der Waals surface area contributed by atoms with Crippen LogP contribution in [0.3, 0.4) is 0 Å². The van der Waals surface area contributed by atoms with Crippen LogP contribution in [0.2, 0.25) is 0 Å². The van der Waals surface area contributed by atoms with Crippen LogP contribution < -0.4 is 22.0 Å². The summed E-state index contributed by atoms with van der Waals surface area (Å²) in [6, 6.07) is 17.1. The molecule has 16 nitrogen and oxygen atoms in total. The van der Waals surface area contributed by atoms with Crippen LogP contribution in [0.5, 0.6) is 0 Å².